The third-order valence-corrected chi connectivity index (χ3v) is 5.49. The van der Waals surface area contributed by atoms with E-state index in [1.807, 2.05) is 52.0 Å². The third-order valence-electron chi connectivity index (χ3n) is 5.18. The summed E-state index contributed by atoms with van der Waals surface area (Å²) in [6.07, 6.45) is 1.33. The minimum absolute atomic E-state index is 0.0429. The predicted molar refractivity (Wildman–Crippen MR) is 121 cm³/mol. The van der Waals surface area contributed by atoms with Crippen molar-refractivity contribution in [1.82, 2.24) is 10.2 Å². The summed E-state index contributed by atoms with van der Waals surface area (Å²) in [5.74, 6) is 0.0383. The van der Waals surface area contributed by atoms with Crippen LogP contribution >= 0.6 is 11.6 Å². The number of nitrogens with one attached hydrogen (secondary N) is 1. The zero-order chi connectivity index (χ0) is 22.1. The van der Waals surface area contributed by atoms with Gasteiger partial charge < -0.3 is 15.0 Å². The normalized spacial score (nSPS) is 12.7. The van der Waals surface area contributed by atoms with Crippen LogP contribution in [-0.2, 0) is 16.1 Å². The minimum atomic E-state index is -0.582. The molecule has 0 radical (unpaired) electrons. The fraction of sp³-hybridized carbons (Fsp3) is 0.417. The molecule has 0 bridgehead atoms. The number of halogens is 1. The average molecular weight is 431 g/mol. The number of aryl methyl sites for hydroxylation is 1. The Kier molecular flexibility index (Phi) is 9.18. The largest absolute Gasteiger partial charge is 0.482 e. The maximum atomic E-state index is 13.2. The van der Waals surface area contributed by atoms with Crippen LogP contribution in [0.3, 0.4) is 0 Å². The SMILES string of the molecule is CC[C@@H](C)NC(=O)[C@H](CC)N(Cc1ccccc1C)C(=O)COc1ccccc1Cl. The fourth-order valence-electron chi connectivity index (χ4n) is 3.12. The monoisotopic (exact) mass is 430 g/mol. The Morgan fingerprint density at radius 1 is 1.07 bits per heavy atom. The number of nitrogens with zero attached hydrogens (tertiary/aromatic N) is 1. The lowest BCUT2D eigenvalue weighted by molar-refractivity contribution is -0.143. The maximum absolute atomic E-state index is 13.2. The van der Waals surface area contributed by atoms with E-state index in [0.29, 0.717) is 23.7 Å². The van der Waals surface area contributed by atoms with E-state index in [-0.39, 0.29) is 24.5 Å². The van der Waals surface area contributed by atoms with Crippen LogP contribution < -0.4 is 10.1 Å². The Labute approximate surface area is 184 Å². The highest BCUT2D eigenvalue weighted by Crippen LogP contribution is 2.23. The molecule has 0 aliphatic carbocycles. The lowest BCUT2D eigenvalue weighted by Crippen LogP contribution is -2.51. The standard InChI is InChI=1S/C24H31ClN2O3/c1-5-18(4)26-24(29)21(6-2)27(15-19-12-8-7-11-17(19)3)23(28)16-30-22-14-10-9-13-20(22)25/h7-14,18,21H,5-6,15-16H2,1-4H3,(H,26,29)/t18-,21+/m1/s1. The zero-order valence-corrected chi connectivity index (χ0v) is 18.9. The molecule has 0 saturated heterocycles. The summed E-state index contributed by atoms with van der Waals surface area (Å²) in [7, 11) is 0. The molecule has 2 amide bonds. The lowest BCUT2D eigenvalue weighted by Gasteiger charge is -2.31. The number of ether oxygens (including phenoxy) is 1. The van der Waals surface area contributed by atoms with E-state index >= 15 is 0 Å². The van der Waals surface area contributed by atoms with Gasteiger partial charge in [-0.3, -0.25) is 9.59 Å². The van der Waals surface area contributed by atoms with Crippen LogP contribution in [0.25, 0.3) is 0 Å². The van der Waals surface area contributed by atoms with Gasteiger partial charge in [0.15, 0.2) is 6.61 Å². The number of para-hydroxylation sites is 1. The second-order valence-electron chi connectivity index (χ2n) is 7.41. The van der Waals surface area contributed by atoms with Crippen molar-refractivity contribution in [3.05, 3.63) is 64.7 Å². The van der Waals surface area contributed by atoms with Gasteiger partial charge in [-0.2, -0.15) is 0 Å². The summed E-state index contributed by atoms with van der Waals surface area (Å²) in [6, 6.07) is 14.3. The summed E-state index contributed by atoms with van der Waals surface area (Å²) in [5, 5.41) is 3.45. The zero-order valence-electron chi connectivity index (χ0n) is 18.2. The Morgan fingerprint density at radius 3 is 2.37 bits per heavy atom. The third kappa shape index (κ3) is 6.49. The van der Waals surface area contributed by atoms with E-state index < -0.39 is 6.04 Å². The van der Waals surface area contributed by atoms with Crippen LogP contribution in [-0.4, -0.2) is 35.4 Å². The summed E-state index contributed by atoms with van der Waals surface area (Å²) in [5.41, 5.74) is 2.07. The highest BCUT2D eigenvalue weighted by atomic mass is 35.5. The van der Waals surface area contributed by atoms with Crippen LogP contribution in [0.5, 0.6) is 5.75 Å². The van der Waals surface area contributed by atoms with E-state index in [0.717, 1.165) is 17.5 Å². The quantitative estimate of drug-likeness (QED) is 0.591. The Hall–Kier alpha value is -2.53. The number of hydrogen-bond donors (Lipinski definition) is 1. The molecule has 0 unspecified atom stereocenters. The molecule has 0 heterocycles. The Bertz CT molecular complexity index is 856. The van der Waals surface area contributed by atoms with Crippen molar-refractivity contribution in [2.24, 2.45) is 0 Å². The highest BCUT2D eigenvalue weighted by Gasteiger charge is 2.29. The average Bonchev–Trinajstić information content (AvgIpc) is 2.74. The van der Waals surface area contributed by atoms with Gasteiger partial charge in [0.1, 0.15) is 11.8 Å². The molecule has 2 aromatic carbocycles. The molecule has 0 saturated carbocycles. The molecule has 0 aromatic heterocycles. The molecular formula is C24H31ClN2O3. The molecule has 2 aromatic rings. The van der Waals surface area contributed by atoms with Gasteiger partial charge in [0.05, 0.1) is 5.02 Å². The van der Waals surface area contributed by atoms with E-state index in [9.17, 15) is 9.59 Å². The number of carbonyl (C=O) groups excluding carboxylic acids is 2. The molecule has 1 N–H and O–H groups in total. The van der Waals surface area contributed by atoms with E-state index in [2.05, 4.69) is 5.32 Å². The Morgan fingerprint density at radius 2 is 1.73 bits per heavy atom. The topological polar surface area (TPSA) is 58.6 Å². The van der Waals surface area contributed by atoms with Crippen LogP contribution in [0.4, 0.5) is 0 Å². The molecule has 0 aliphatic rings. The van der Waals surface area contributed by atoms with Gasteiger partial charge in [0.2, 0.25) is 5.91 Å². The first-order valence-electron chi connectivity index (χ1n) is 10.4. The van der Waals surface area contributed by atoms with Gasteiger partial charge in [-0.05, 0) is 49.9 Å². The number of hydrogen-bond acceptors (Lipinski definition) is 3. The van der Waals surface area contributed by atoms with Crippen molar-refractivity contribution in [1.29, 1.82) is 0 Å². The van der Waals surface area contributed by atoms with Crippen LogP contribution in [0.2, 0.25) is 5.02 Å². The second kappa shape index (κ2) is 11.6. The van der Waals surface area contributed by atoms with Gasteiger partial charge in [-0.1, -0.05) is 61.8 Å². The lowest BCUT2D eigenvalue weighted by atomic mass is 10.1. The van der Waals surface area contributed by atoms with Gasteiger partial charge in [0, 0.05) is 12.6 Å². The maximum Gasteiger partial charge on any atom is 0.261 e. The number of carbonyl (C=O) groups is 2. The fourth-order valence-corrected chi connectivity index (χ4v) is 3.31. The first-order chi connectivity index (χ1) is 14.4. The molecule has 6 heteroatoms. The highest BCUT2D eigenvalue weighted by molar-refractivity contribution is 6.32. The van der Waals surface area contributed by atoms with Crippen molar-refractivity contribution < 1.29 is 14.3 Å². The summed E-state index contributed by atoms with van der Waals surface area (Å²) >= 11 is 6.14. The smallest absolute Gasteiger partial charge is 0.261 e. The number of amides is 2. The molecular weight excluding hydrogens is 400 g/mol. The number of rotatable bonds is 10. The predicted octanol–water partition coefficient (Wildman–Crippen LogP) is 4.75. The van der Waals surface area contributed by atoms with Gasteiger partial charge in [0.25, 0.3) is 5.91 Å². The van der Waals surface area contributed by atoms with E-state index in [1.165, 1.54) is 0 Å². The van der Waals surface area contributed by atoms with Crippen molar-refractivity contribution in [3.63, 3.8) is 0 Å². The first kappa shape index (κ1) is 23.7. The van der Waals surface area contributed by atoms with Crippen LogP contribution in [0.15, 0.2) is 48.5 Å². The first-order valence-corrected chi connectivity index (χ1v) is 10.8. The molecule has 5 nitrogen and oxygen atoms in total. The molecule has 2 atom stereocenters. The summed E-state index contributed by atoms with van der Waals surface area (Å²) in [6.45, 7) is 8.02. The van der Waals surface area contributed by atoms with Crippen LogP contribution in [0.1, 0.15) is 44.7 Å². The van der Waals surface area contributed by atoms with Crippen molar-refractivity contribution in [3.8, 4) is 5.75 Å². The molecule has 30 heavy (non-hydrogen) atoms. The number of benzene rings is 2. The molecule has 162 valence electrons. The second-order valence-corrected chi connectivity index (χ2v) is 7.82. The van der Waals surface area contributed by atoms with Gasteiger partial charge in [-0.15, -0.1) is 0 Å². The minimum Gasteiger partial charge on any atom is -0.482 e. The Balaban J connectivity index is 2.24. The summed E-state index contributed by atoms with van der Waals surface area (Å²) < 4.78 is 5.67. The van der Waals surface area contributed by atoms with Crippen molar-refractivity contribution in [2.75, 3.05) is 6.61 Å². The molecule has 0 fully saturated rings. The molecule has 2 rings (SSSR count). The van der Waals surface area contributed by atoms with Gasteiger partial charge >= 0.3 is 0 Å². The van der Waals surface area contributed by atoms with E-state index in [4.69, 9.17) is 16.3 Å². The van der Waals surface area contributed by atoms with Crippen LogP contribution in [0, 0.1) is 6.92 Å². The molecule has 0 aliphatic heterocycles. The summed E-state index contributed by atoms with van der Waals surface area (Å²) in [4.78, 5) is 27.7. The van der Waals surface area contributed by atoms with E-state index in [1.54, 1.807) is 29.2 Å². The van der Waals surface area contributed by atoms with Gasteiger partial charge in [-0.25, -0.2) is 0 Å². The molecule has 0 spiro atoms. The van der Waals surface area contributed by atoms with Crippen molar-refractivity contribution >= 4 is 23.4 Å². The van der Waals surface area contributed by atoms with Crippen molar-refractivity contribution in [2.45, 2.75) is 59.2 Å².